The molecule has 2 aliphatic rings. The maximum atomic E-state index is 12.5. The van der Waals surface area contributed by atoms with Crippen molar-refractivity contribution in [3.8, 4) is 0 Å². The molecule has 1 aliphatic carbocycles. The number of anilines is 1. The van der Waals surface area contributed by atoms with Crippen molar-refractivity contribution in [3.63, 3.8) is 0 Å². The van der Waals surface area contributed by atoms with Crippen molar-refractivity contribution in [2.75, 3.05) is 19.3 Å². The zero-order valence-corrected chi connectivity index (χ0v) is 12.7. The molecule has 3 rings (SSSR count). The Hall–Kier alpha value is -1.62. The molecular formula is C16H24N4O. The van der Waals surface area contributed by atoms with Crippen LogP contribution in [-0.4, -0.2) is 35.4 Å². The molecule has 2 heterocycles. The Balaban J connectivity index is 1.77. The van der Waals surface area contributed by atoms with Gasteiger partial charge in [0.1, 0.15) is 5.82 Å². The van der Waals surface area contributed by atoms with Gasteiger partial charge in [0.05, 0.1) is 5.56 Å². The lowest BCUT2D eigenvalue weighted by molar-refractivity contribution is 0.0928. The number of hydrogen-bond donors (Lipinski definition) is 2. The highest BCUT2D eigenvalue weighted by Crippen LogP contribution is 2.22. The van der Waals surface area contributed by atoms with Gasteiger partial charge in [-0.05, 0) is 31.5 Å². The van der Waals surface area contributed by atoms with Crippen molar-refractivity contribution >= 4 is 11.7 Å². The minimum atomic E-state index is -0.0667. The third kappa shape index (κ3) is 3.18. The first-order valence-electron chi connectivity index (χ1n) is 7.91. The molecule has 114 valence electrons. The second-order valence-electron chi connectivity index (χ2n) is 6.32. The molecule has 1 saturated carbocycles. The van der Waals surface area contributed by atoms with Gasteiger partial charge in [0.15, 0.2) is 0 Å². The highest BCUT2D eigenvalue weighted by molar-refractivity contribution is 5.98. The Labute approximate surface area is 125 Å². The summed E-state index contributed by atoms with van der Waals surface area (Å²) in [6.45, 7) is 1.83. The summed E-state index contributed by atoms with van der Waals surface area (Å²) in [5, 5.41) is 3.12. The second-order valence-corrected chi connectivity index (χ2v) is 6.32. The molecule has 3 N–H and O–H groups in total. The Kier molecular flexibility index (Phi) is 4.10. The summed E-state index contributed by atoms with van der Waals surface area (Å²) < 4.78 is 0. The predicted octanol–water partition coefficient (Wildman–Crippen LogP) is 1.71. The van der Waals surface area contributed by atoms with Crippen LogP contribution in [0.25, 0.3) is 0 Å². The van der Waals surface area contributed by atoms with Gasteiger partial charge in [-0.3, -0.25) is 4.79 Å². The number of pyridine rings is 1. The Morgan fingerprint density at radius 1 is 1.38 bits per heavy atom. The maximum Gasteiger partial charge on any atom is 0.255 e. The molecule has 1 aromatic rings. The van der Waals surface area contributed by atoms with E-state index in [4.69, 9.17) is 5.73 Å². The van der Waals surface area contributed by atoms with Crippen molar-refractivity contribution in [1.29, 1.82) is 0 Å². The van der Waals surface area contributed by atoms with E-state index in [0.717, 1.165) is 43.6 Å². The Bertz CT molecular complexity index is 537. The molecule has 0 spiro atoms. The molecule has 5 heteroatoms. The number of fused-ring (bicyclic) bond motifs is 1. The number of carbonyl (C=O) groups excluding carboxylic acids is 1. The van der Waals surface area contributed by atoms with Crippen LogP contribution in [0.15, 0.2) is 6.07 Å². The molecule has 1 fully saturated rings. The van der Waals surface area contributed by atoms with Crippen molar-refractivity contribution in [1.82, 2.24) is 15.2 Å². The number of carbonyl (C=O) groups is 1. The molecule has 1 aromatic heterocycles. The van der Waals surface area contributed by atoms with Gasteiger partial charge in [0, 0.05) is 31.2 Å². The number of nitrogens with two attached hydrogens (primary N) is 1. The summed E-state index contributed by atoms with van der Waals surface area (Å²) in [6, 6.07) is 2.23. The molecule has 1 amide bonds. The standard InChI is InChI=1S/C16H24N4O/c1-20-8-7-14-11(10-20)9-13(15(17)19-14)16(21)18-12-5-3-2-4-6-12/h9,12H,2-8,10H2,1H3,(H2,17,19)(H,18,21). The molecular weight excluding hydrogens is 264 g/mol. The largest absolute Gasteiger partial charge is 0.383 e. The van der Waals surface area contributed by atoms with Gasteiger partial charge in [-0.25, -0.2) is 4.98 Å². The van der Waals surface area contributed by atoms with E-state index in [1.165, 1.54) is 19.3 Å². The number of nitrogens with zero attached hydrogens (tertiary/aromatic N) is 2. The van der Waals surface area contributed by atoms with E-state index < -0.39 is 0 Å². The topological polar surface area (TPSA) is 71.2 Å². The summed E-state index contributed by atoms with van der Waals surface area (Å²) in [6.07, 6.45) is 6.74. The van der Waals surface area contributed by atoms with E-state index in [2.05, 4.69) is 22.2 Å². The molecule has 0 aromatic carbocycles. The normalized spacial score (nSPS) is 20.0. The van der Waals surface area contributed by atoms with Gasteiger partial charge >= 0.3 is 0 Å². The first-order chi connectivity index (χ1) is 10.1. The molecule has 5 nitrogen and oxygen atoms in total. The number of rotatable bonds is 2. The van der Waals surface area contributed by atoms with Crippen LogP contribution in [0.5, 0.6) is 0 Å². The summed E-state index contributed by atoms with van der Waals surface area (Å²) >= 11 is 0. The van der Waals surface area contributed by atoms with Gasteiger partial charge in [0.25, 0.3) is 5.91 Å². The first-order valence-corrected chi connectivity index (χ1v) is 7.91. The summed E-state index contributed by atoms with van der Waals surface area (Å²) in [5.74, 6) is 0.300. The predicted molar refractivity (Wildman–Crippen MR) is 83.0 cm³/mol. The van der Waals surface area contributed by atoms with E-state index in [1.54, 1.807) is 0 Å². The highest BCUT2D eigenvalue weighted by Gasteiger charge is 2.22. The highest BCUT2D eigenvalue weighted by atomic mass is 16.1. The molecule has 0 atom stereocenters. The van der Waals surface area contributed by atoms with Crippen LogP contribution in [0.2, 0.25) is 0 Å². The smallest absolute Gasteiger partial charge is 0.255 e. The lowest BCUT2D eigenvalue weighted by Crippen LogP contribution is -2.37. The fourth-order valence-electron chi connectivity index (χ4n) is 3.32. The molecule has 0 bridgehead atoms. The average molecular weight is 288 g/mol. The van der Waals surface area contributed by atoms with E-state index in [-0.39, 0.29) is 5.91 Å². The molecule has 1 aliphatic heterocycles. The van der Waals surface area contributed by atoms with E-state index in [9.17, 15) is 4.79 Å². The Morgan fingerprint density at radius 2 is 2.14 bits per heavy atom. The van der Waals surface area contributed by atoms with Crippen molar-refractivity contribution < 1.29 is 4.79 Å². The fourth-order valence-corrected chi connectivity index (χ4v) is 3.32. The number of nitrogen functional groups attached to an aromatic ring is 1. The summed E-state index contributed by atoms with van der Waals surface area (Å²) in [7, 11) is 2.08. The Morgan fingerprint density at radius 3 is 2.90 bits per heavy atom. The van der Waals surface area contributed by atoms with E-state index >= 15 is 0 Å². The lowest BCUT2D eigenvalue weighted by Gasteiger charge is -2.26. The zero-order valence-electron chi connectivity index (χ0n) is 12.7. The molecule has 21 heavy (non-hydrogen) atoms. The number of aromatic nitrogens is 1. The zero-order chi connectivity index (χ0) is 14.8. The number of amides is 1. The average Bonchev–Trinajstić information content (AvgIpc) is 2.48. The maximum absolute atomic E-state index is 12.5. The minimum absolute atomic E-state index is 0.0667. The van der Waals surface area contributed by atoms with Crippen LogP contribution in [0, 0.1) is 0 Å². The van der Waals surface area contributed by atoms with Gasteiger partial charge in [-0.15, -0.1) is 0 Å². The van der Waals surface area contributed by atoms with Crippen molar-refractivity contribution in [2.45, 2.75) is 51.1 Å². The van der Waals surface area contributed by atoms with E-state index in [1.807, 2.05) is 6.07 Å². The first kappa shape index (κ1) is 14.3. The van der Waals surface area contributed by atoms with E-state index in [0.29, 0.717) is 17.4 Å². The SMILES string of the molecule is CN1CCc2nc(N)c(C(=O)NC3CCCCC3)cc2C1. The third-order valence-electron chi connectivity index (χ3n) is 4.58. The van der Waals surface area contributed by atoms with Gasteiger partial charge in [0.2, 0.25) is 0 Å². The van der Waals surface area contributed by atoms with Crippen LogP contribution < -0.4 is 11.1 Å². The second kappa shape index (κ2) is 6.02. The van der Waals surface area contributed by atoms with Gasteiger partial charge in [-0.1, -0.05) is 19.3 Å². The molecule has 0 saturated heterocycles. The quantitative estimate of drug-likeness (QED) is 0.869. The third-order valence-corrected chi connectivity index (χ3v) is 4.58. The summed E-state index contributed by atoms with van der Waals surface area (Å²) in [5.41, 5.74) is 8.71. The van der Waals surface area contributed by atoms with Crippen LogP contribution in [0.1, 0.15) is 53.7 Å². The summed E-state index contributed by atoms with van der Waals surface area (Å²) in [4.78, 5) is 19.1. The van der Waals surface area contributed by atoms with Gasteiger partial charge < -0.3 is 16.0 Å². The van der Waals surface area contributed by atoms with Gasteiger partial charge in [-0.2, -0.15) is 0 Å². The van der Waals surface area contributed by atoms with Crippen molar-refractivity contribution in [3.05, 3.63) is 22.9 Å². The van der Waals surface area contributed by atoms with Crippen LogP contribution in [0.3, 0.4) is 0 Å². The van der Waals surface area contributed by atoms with Crippen LogP contribution >= 0.6 is 0 Å². The number of nitrogens with one attached hydrogen (secondary N) is 1. The number of likely N-dealkylation sites (N-methyl/N-ethyl adjacent to an activating group) is 1. The number of hydrogen-bond acceptors (Lipinski definition) is 4. The monoisotopic (exact) mass is 288 g/mol. The lowest BCUT2D eigenvalue weighted by atomic mass is 9.95. The fraction of sp³-hybridized carbons (Fsp3) is 0.625. The minimum Gasteiger partial charge on any atom is -0.383 e. The molecule has 0 radical (unpaired) electrons. The van der Waals surface area contributed by atoms with Crippen LogP contribution in [0.4, 0.5) is 5.82 Å². The van der Waals surface area contributed by atoms with Crippen molar-refractivity contribution in [2.24, 2.45) is 0 Å². The molecule has 0 unspecified atom stereocenters. The van der Waals surface area contributed by atoms with Crippen LogP contribution in [-0.2, 0) is 13.0 Å².